The van der Waals surface area contributed by atoms with Crippen LogP contribution in [0.25, 0.3) is 22.0 Å². The molecule has 4 rings (SSSR count). The first-order chi connectivity index (χ1) is 17.3. The van der Waals surface area contributed by atoms with Crippen LogP contribution in [0.3, 0.4) is 0 Å². The Hall–Kier alpha value is -2.94. The van der Waals surface area contributed by atoms with Gasteiger partial charge in [-0.3, -0.25) is 4.79 Å². The number of hydrogen-bond donors (Lipinski definition) is 1. The van der Waals surface area contributed by atoms with E-state index in [0.717, 1.165) is 53.8 Å². The number of likely N-dealkylation sites (N-methyl/N-ethyl adjacent to an activating group) is 1. The molecule has 0 bridgehead atoms. The molecule has 5 nitrogen and oxygen atoms in total. The van der Waals surface area contributed by atoms with Crippen LogP contribution < -0.4 is 4.90 Å². The SMILES string of the molecule is C#C.CC(C)(C)C.Cc1c(CC(=O)O)c(-c2ccc(Cl)cc2)c2cc(C)n3c2c1N(CCN(C)C)CC3. The first kappa shape index (κ1) is 30.3. The lowest BCUT2D eigenvalue weighted by Gasteiger charge is -2.35. The molecule has 200 valence electrons. The second kappa shape index (κ2) is 12.5. The molecule has 6 heteroatoms. The normalized spacial score (nSPS) is 12.6. The third kappa shape index (κ3) is 7.53. The molecular weight excluding hydrogens is 482 g/mol. The molecule has 37 heavy (non-hydrogen) atoms. The predicted molar refractivity (Wildman–Crippen MR) is 159 cm³/mol. The maximum atomic E-state index is 11.8. The van der Waals surface area contributed by atoms with Crippen LogP contribution in [-0.4, -0.2) is 54.3 Å². The van der Waals surface area contributed by atoms with Crippen molar-refractivity contribution in [1.29, 1.82) is 0 Å². The smallest absolute Gasteiger partial charge is 0.307 e. The molecule has 3 aromatic rings. The van der Waals surface area contributed by atoms with E-state index in [1.54, 1.807) is 0 Å². The summed E-state index contributed by atoms with van der Waals surface area (Å²) in [6.07, 6.45) is 8.00. The number of carbonyl (C=O) groups is 1. The number of aromatic nitrogens is 1. The van der Waals surface area contributed by atoms with E-state index in [1.165, 1.54) is 16.9 Å². The summed E-state index contributed by atoms with van der Waals surface area (Å²) in [7, 11) is 4.16. The number of halogens is 1. The summed E-state index contributed by atoms with van der Waals surface area (Å²) in [5, 5.41) is 11.5. The number of carboxylic acid groups (broad SMARTS) is 1. The quantitative estimate of drug-likeness (QED) is 0.357. The summed E-state index contributed by atoms with van der Waals surface area (Å²) >= 11 is 6.13. The zero-order valence-corrected chi connectivity index (χ0v) is 24.4. The van der Waals surface area contributed by atoms with Gasteiger partial charge in [0.15, 0.2) is 0 Å². The van der Waals surface area contributed by atoms with Crippen LogP contribution in [0.2, 0.25) is 5.02 Å². The summed E-state index contributed by atoms with van der Waals surface area (Å²) < 4.78 is 2.38. The van der Waals surface area contributed by atoms with Crippen LogP contribution in [0.4, 0.5) is 5.69 Å². The molecule has 1 aromatic heterocycles. The van der Waals surface area contributed by atoms with Crippen LogP contribution in [-0.2, 0) is 17.8 Å². The lowest BCUT2D eigenvalue weighted by Crippen LogP contribution is -2.37. The number of carboxylic acids is 1. The lowest BCUT2D eigenvalue weighted by molar-refractivity contribution is -0.136. The Morgan fingerprint density at radius 3 is 2.16 bits per heavy atom. The maximum absolute atomic E-state index is 11.8. The third-order valence-corrected chi connectivity index (χ3v) is 6.35. The van der Waals surface area contributed by atoms with Crippen LogP contribution in [0, 0.1) is 32.1 Å². The fourth-order valence-corrected chi connectivity index (χ4v) is 4.79. The maximum Gasteiger partial charge on any atom is 0.307 e. The van der Waals surface area contributed by atoms with Crippen molar-refractivity contribution >= 4 is 34.2 Å². The molecule has 0 unspecified atom stereocenters. The van der Waals surface area contributed by atoms with E-state index < -0.39 is 5.97 Å². The number of hydrogen-bond acceptors (Lipinski definition) is 3. The fraction of sp³-hybridized carbons (Fsp3) is 0.452. The van der Waals surface area contributed by atoms with Crippen LogP contribution in [0.15, 0.2) is 30.3 Å². The van der Waals surface area contributed by atoms with Crippen LogP contribution >= 0.6 is 11.6 Å². The number of terminal acetylenes is 1. The van der Waals surface area contributed by atoms with Crippen molar-refractivity contribution in [3.05, 3.63) is 52.2 Å². The highest BCUT2D eigenvalue weighted by atomic mass is 35.5. The average Bonchev–Trinajstić information content (AvgIpc) is 3.13. The molecule has 0 amide bonds. The average molecular weight is 524 g/mol. The molecule has 2 heterocycles. The van der Waals surface area contributed by atoms with Crippen LogP contribution in [0.5, 0.6) is 0 Å². The Labute approximate surface area is 228 Å². The Kier molecular flexibility index (Phi) is 10.3. The highest BCUT2D eigenvalue weighted by molar-refractivity contribution is 6.30. The molecule has 0 fully saturated rings. The zero-order valence-electron chi connectivity index (χ0n) is 23.7. The third-order valence-electron chi connectivity index (χ3n) is 6.10. The van der Waals surface area contributed by atoms with Gasteiger partial charge in [-0.15, -0.1) is 12.8 Å². The second-order valence-electron chi connectivity index (χ2n) is 11.4. The van der Waals surface area contributed by atoms with Gasteiger partial charge in [0.25, 0.3) is 0 Å². The molecule has 0 spiro atoms. The topological polar surface area (TPSA) is 48.7 Å². The number of nitrogens with zero attached hydrogens (tertiary/aromatic N) is 3. The number of rotatable bonds is 6. The first-order valence-electron chi connectivity index (χ1n) is 12.6. The minimum atomic E-state index is -0.813. The van der Waals surface area contributed by atoms with Crippen molar-refractivity contribution in [3.63, 3.8) is 0 Å². The van der Waals surface area contributed by atoms with E-state index in [9.17, 15) is 9.90 Å². The van der Waals surface area contributed by atoms with E-state index in [4.69, 9.17) is 11.6 Å². The molecule has 1 aliphatic rings. The minimum absolute atomic E-state index is 0.00151. The summed E-state index contributed by atoms with van der Waals surface area (Å²) in [4.78, 5) is 16.4. The van der Waals surface area contributed by atoms with Crippen molar-refractivity contribution in [3.8, 4) is 24.0 Å². The van der Waals surface area contributed by atoms with Gasteiger partial charge in [-0.1, -0.05) is 51.4 Å². The molecule has 1 aliphatic heterocycles. The molecule has 0 saturated heterocycles. The van der Waals surface area contributed by atoms with Crippen LogP contribution in [0.1, 0.15) is 44.5 Å². The van der Waals surface area contributed by atoms with Gasteiger partial charge in [-0.25, -0.2) is 0 Å². The second-order valence-corrected chi connectivity index (χ2v) is 11.8. The summed E-state index contributed by atoms with van der Waals surface area (Å²) in [6, 6.07) is 9.93. The van der Waals surface area contributed by atoms with E-state index in [1.807, 2.05) is 24.3 Å². The standard InChI is InChI=1S/C24H28ClN3O2.C5H12.C2H2/c1-15-13-20-22(17-5-7-18(25)8-6-17)19(14-21(29)30)16(2)23-24(20)28(15)12-11-27(23)10-9-26(3)4;1-5(2,3)4;1-2/h5-8,13H,9-12,14H2,1-4H3,(H,29,30);1-4H3;1-2H. The summed E-state index contributed by atoms with van der Waals surface area (Å²) in [5.41, 5.74) is 8.08. The first-order valence-corrected chi connectivity index (χ1v) is 13.0. The number of aryl methyl sites for hydroxylation is 1. The Bertz CT molecular complexity index is 1240. The number of anilines is 1. The fourth-order valence-electron chi connectivity index (χ4n) is 4.66. The number of benzene rings is 2. The Morgan fingerprint density at radius 2 is 1.65 bits per heavy atom. The van der Waals surface area contributed by atoms with Gasteiger partial charge in [0.1, 0.15) is 0 Å². The predicted octanol–water partition coefficient (Wildman–Crippen LogP) is 6.89. The lowest BCUT2D eigenvalue weighted by atomic mass is 9.88. The molecule has 0 atom stereocenters. The largest absolute Gasteiger partial charge is 0.481 e. The molecule has 2 aromatic carbocycles. The van der Waals surface area contributed by atoms with Gasteiger partial charge in [0.2, 0.25) is 0 Å². The van der Waals surface area contributed by atoms with Gasteiger partial charge in [0, 0.05) is 42.3 Å². The molecular formula is C31H42ClN3O2. The van der Waals surface area contributed by atoms with Crippen molar-refractivity contribution in [2.45, 2.75) is 54.5 Å². The zero-order chi connectivity index (χ0) is 28.1. The van der Waals surface area contributed by atoms with Gasteiger partial charge in [-0.2, -0.15) is 0 Å². The highest BCUT2D eigenvalue weighted by Crippen LogP contribution is 2.44. The molecule has 0 radical (unpaired) electrons. The summed E-state index contributed by atoms with van der Waals surface area (Å²) in [5.74, 6) is -0.813. The van der Waals surface area contributed by atoms with E-state index >= 15 is 0 Å². The highest BCUT2D eigenvalue weighted by Gasteiger charge is 2.28. The van der Waals surface area contributed by atoms with Crippen molar-refractivity contribution in [2.75, 3.05) is 38.6 Å². The van der Waals surface area contributed by atoms with Gasteiger partial charge in [0.05, 0.1) is 17.6 Å². The Morgan fingerprint density at radius 1 is 1.08 bits per heavy atom. The van der Waals surface area contributed by atoms with Gasteiger partial charge >= 0.3 is 5.97 Å². The van der Waals surface area contributed by atoms with E-state index in [0.29, 0.717) is 10.4 Å². The molecule has 1 N–H and O–H groups in total. The molecule has 0 saturated carbocycles. The van der Waals surface area contributed by atoms with Crippen molar-refractivity contribution in [2.24, 2.45) is 5.41 Å². The Balaban J connectivity index is 0.000000617. The monoisotopic (exact) mass is 523 g/mol. The van der Waals surface area contributed by atoms with E-state index in [-0.39, 0.29) is 6.42 Å². The van der Waals surface area contributed by atoms with Gasteiger partial charge in [-0.05, 0) is 73.8 Å². The summed E-state index contributed by atoms with van der Waals surface area (Å²) in [6.45, 7) is 16.7. The van der Waals surface area contributed by atoms with Gasteiger partial charge < -0.3 is 19.5 Å². The van der Waals surface area contributed by atoms with Crippen molar-refractivity contribution < 1.29 is 9.90 Å². The van der Waals surface area contributed by atoms with E-state index in [2.05, 4.69) is 88.9 Å². The number of aliphatic carboxylic acids is 1. The van der Waals surface area contributed by atoms with Crippen molar-refractivity contribution in [1.82, 2.24) is 9.47 Å². The minimum Gasteiger partial charge on any atom is -0.481 e. The molecule has 0 aliphatic carbocycles.